The summed E-state index contributed by atoms with van der Waals surface area (Å²) in [6.45, 7) is 4.89. The summed E-state index contributed by atoms with van der Waals surface area (Å²) < 4.78 is 2.54. The quantitative estimate of drug-likeness (QED) is 0.455. The first-order valence-corrected chi connectivity index (χ1v) is 7.85. The van der Waals surface area contributed by atoms with E-state index in [1.165, 1.54) is 0 Å². The lowest BCUT2D eigenvalue weighted by atomic mass is 10.2. The maximum atomic E-state index is 11.7. The van der Waals surface area contributed by atoms with Gasteiger partial charge in [0, 0.05) is 54.9 Å². The van der Waals surface area contributed by atoms with Gasteiger partial charge in [-0.15, -0.1) is 4.91 Å². The van der Waals surface area contributed by atoms with Crippen molar-refractivity contribution >= 4 is 23.8 Å². The van der Waals surface area contributed by atoms with E-state index in [1.54, 1.807) is 0 Å². The van der Waals surface area contributed by atoms with Gasteiger partial charge in [-0.1, -0.05) is 0 Å². The molecule has 1 aliphatic heterocycles. The van der Waals surface area contributed by atoms with Crippen LogP contribution in [-0.4, -0.2) is 78.3 Å². The summed E-state index contributed by atoms with van der Waals surface area (Å²) in [6.07, 6.45) is 0.982. The molecule has 1 fully saturated rings. The molecule has 1 atom stereocenters. The Hall–Kier alpha value is -1.19. The Balaban J connectivity index is 2.20. The standard InChI is InChI=1S/C12H22N4O4S/c1-15-5-7-16(8-6-15)4-2-3-11(17)13-10(12(18)19)9-21-14-20/h10H,2-9H2,1H3,(H,13,17)(H,18,19)/t10-/m0/s1. The lowest BCUT2D eigenvalue weighted by Gasteiger charge is -2.32. The van der Waals surface area contributed by atoms with Crippen molar-refractivity contribution in [2.45, 2.75) is 18.9 Å². The SMILES string of the molecule is CN1CCN(CCCC(=O)N[C@@H](CSN=O)C(=O)O)CC1. The fourth-order valence-electron chi connectivity index (χ4n) is 2.08. The molecule has 1 rings (SSSR count). The first-order chi connectivity index (χ1) is 10.0. The number of aliphatic carboxylic acids is 1. The summed E-state index contributed by atoms with van der Waals surface area (Å²) in [4.78, 5) is 37.2. The number of carboxylic acid groups (broad SMARTS) is 1. The number of hydrogen-bond donors (Lipinski definition) is 2. The molecule has 0 radical (unpaired) electrons. The van der Waals surface area contributed by atoms with E-state index < -0.39 is 12.0 Å². The number of amides is 1. The van der Waals surface area contributed by atoms with Gasteiger partial charge in [-0.3, -0.25) is 4.79 Å². The van der Waals surface area contributed by atoms with Crippen LogP contribution in [0, 0.1) is 4.91 Å². The van der Waals surface area contributed by atoms with Gasteiger partial charge in [-0.05, 0) is 20.0 Å². The van der Waals surface area contributed by atoms with Crippen LogP contribution in [0.15, 0.2) is 4.58 Å². The predicted octanol–water partition coefficient (Wildman–Crippen LogP) is -0.00200. The maximum absolute atomic E-state index is 11.7. The summed E-state index contributed by atoms with van der Waals surface area (Å²) in [6, 6.07) is -1.07. The maximum Gasteiger partial charge on any atom is 0.327 e. The molecule has 0 unspecified atom stereocenters. The van der Waals surface area contributed by atoms with Gasteiger partial charge >= 0.3 is 5.97 Å². The Morgan fingerprint density at radius 2 is 2.00 bits per heavy atom. The van der Waals surface area contributed by atoms with E-state index in [4.69, 9.17) is 5.11 Å². The second-order valence-corrected chi connectivity index (χ2v) is 5.82. The van der Waals surface area contributed by atoms with Gasteiger partial charge in [0.25, 0.3) is 0 Å². The molecular weight excluding hydrogens is 296 g/mol. The summed E-state index contributed by atoms with van der Waals surface area (Å²) >= 11 is 0.594. The van der Waals surface area contributed by atoms with Crippen LogP contribution in [0.3, 0.4) is 0 Å². The third-order valence-electron chi connectivity index (χ3n) is 3.40. The number of piperazine rings is 1. The van der Waals surface area contributed by atoms with Gasteiger partial charge in [-0.25, -0.2) is 4.79 Å². The largest absolute Gasteiger partial charge is 0.480 e. The number of rotatable bonds is 9. The van der Waals surface area contributed by atoms with Crippen LogP contribution in [0.4, 0.5) is 0 Å². The molecule has 1 saturated heterocycles. The Bertz CT molecular complexity index is 361. The summed E-state index contributed by atoms with van der Waals surface area (Å²) in [5.74, 6) is -1.51. The number of carboxylic acids is 1. The van der Waals surface area contributed by atoms with Crippen LogP contribution in [0.2, 0.25) is 0 Å². The topological polar surface area (TPSA) is 102 Å². The van der Waals surface area contributed by atoms with Crippen molar-refractivity contribution in [1.82, 2.24) is 15.1 Å². The molecule has 1 aliphatic rings. The molecule has 0 spiro atoms. The zero-order chi connectivity index (χ0) is 15.7. The summed E-state index contributed by atoms with van der Waals surface area (Å²) in [5, 5.41) is 11.3. The first-order valence-electron chi connectivity index (χ1n) is 6.90. The third-order valence-corrected chi connectivity index (χ3v) is 3.99. The highest BCUT2D eigenvalue weighted by molar-refractivity contribution is 7.97. The van der Waals surface area contributed by atoms with Crippen molar-refractivity contribution in [1.29, 1.82) is 0 Å². The highest BCUT2D eigenvalue weighted by atomic mass is 32.2. The number of carbonyl (C=O) groups is 2. The zero-order valence-corrected chi connectivity index (χ0v) is 13.0. The molecule has 8 nitrogen and oxygen atoms in total. The number of hydrogen-bond acceptors (Lipinski definition) is 7. The molecule has 0 aliphatic carbocycles. The lowest BCUT2D eigenvalue weighted by molar-refractivity contribution is -0.141. The predicted molar refractivity (Wildman–Crippen MR) is 81.0 cm³/mol. The number of nitrogens with one attached hydrogen (secondary N) is 1. The molecule has 0 bridgehead atoms. The molecule has 0 aromatic heterocycles. The molecule has 0 aromatic carbocycles. The molecule has 9 heteroatoms. The van der Waals surface area contributed by atoms with Crippen molar-refractivity contribution in [3.05, 3.63) is 4.91 Å². The Kier molecular flexibility index (Phi) is 8.24. The van der Waals surface area contributed by atoms with Gasteiger partial charge in [0.15, 0.2) is 0 Å². The minimum atomic E-state index is -1.15. The molecule has 21 heavy (non-hydrogen) atoms. The van der Waals surface area contributed by atoms with Crippen LogP contribution in [0.1, 0.15) is 12.8 Å². The van der Waals surface area contributed by atoms with E-state index in [1.807, 2.05) is 0 Å². The lowest BCUT2D eigenvalue weighted by Crippen LogP contribution is -2.45. The van der Waals surface area contributed by atoms with Crippen LogP contribution in [-0.2, 0) is 9.59 Å². The second kappa shape index (κ2) is 9.69. The summed E-state index contributed by atoms with van der Waals surface area (Å²) in [5.41, 5.74) is 0. The number of likely N-dealkylation sites (N-methyl/N-ethyl adjacent to an activating group) is 1. The average Bonchev–Trinajstić information content (AvgIpc) is 2.45. The normalized spacial score (nSPS) is 18.1. The number of carbonyl (C=O) groups excluding carboxylic acids is 1. The molecule has 120 valence electrons. The van der Waals surface area contributed by atoms with Crippen LogP contribution in [0.5, 0.6) is 0 Å². The minimum absolute atomic E-state index is 0.0525. The van der Waals surface area contributed by atoms with Crippen molar-refractivity contribution in [3.8, 4) is 0 Å². The highest BCUT2D eigenvalue weighted by Gasteiger charge is 2.20. The number of nitroso groups, excluding NO2 is 1. The van der Waals surface area contributed by atoms with Crippen molar-refractivity contribution in [2.24, 2.45) is 4.58 Å². The molecular formula is C12H22N4O4S. The van der Waals surface area contributed by atoms with E-state index >= 15 is 0 Å². The van der Waals surface area contributed by atoms with Gasteiger partial charge in [0.05, 0.1) is 0 Å². The van der Waals surface area contributed by atoms with E-state index in [0.29, 0.717) is 18.4 Å². The second-order valence-electron chi connectivity index (χ2n) is 5.08. The van der Waals surface area contributed by atoms with Crippen molar-refractivity contribution in [2.75, 3.05) is 45.5 Å². The Morgan fingerprint density at radius 1 is 1.33 bits per heavy atom. The van der Waals surface area contributed by atoms with E-state index in [9.17, 15) is 14.5 Å². The monoisotopic (exact) mass is 318 g/mol. The number of nitrogens with zero attached hydrogens (tertiary/aromatic N) is 3. The fourth-order valence-corrected chi connectivity index (χ4v) is 2.52. The Labute approximate surface area is 128 Å². The molecule has 1 heterocycles. The Morgan fingerprint density at radius 3 is 2.57 bits per heavy atom. The summed E-state index contributed by atoms with van der Waals surface area (Å²) in [7, 11) is 2.09. The molecule has 0 aromatic rings. The van der Waals surface area contributed by atoms with Crippen LogP contribution < -0.4 is 5.32 Å². The van der Waals surface area contributed by atoms with Crippen LogP contribution in [0.25, 0.3) is 0 Å². The fraction of sp³-hybridized carbons (Fsp3) is 0.833. The highest BCUT2D eigenvalue weighted by Crippen LogP contribution is 2.05. The average molecular weight is 318 g/mol. The third kappa shape index (κ3) is 7.39. The van der Waals surface area contributed by atoms with Gasteiger partial charge in [0.2, 0.25) is 5.91 Å². The molecule has 0 saturated carbocycles. The van der Waals surface area contributed by atoms with Crippen LogP contribution >= 0.6 is 11.9 Å². The van der Waals surface area contributed by atoms with E-state index in [-0.39, 0.29) is 18.1 Å². The first kappa shape index (κ1) is 17.9. The minimum Gasteiger partial charge on any atom is -0.480 e. The van der Waals surface area contributed by atoms with E-state index in [0.717, 1.165) is 32.7 Å². The van der Waals surface area contributed by atoms with Crippen molar-refractivity contribution in [3.63, 3.8) is 0 Å². The van der Waals surface area contributed by atoms with Gasteiger partial charge in [-0.2, -0.15) is 0 Å². The van der Waals surface area contributed by atoms with Gasteiger partial charge in [0.1, 0.15) is 6.04 Å². The smallest absolute Gasteiger partial charge is 0.327 e. The van der Waals surface area contributed by atoms with Crippen molar-refractivity contribution < 1.29 is 14.7 Å². The van der Waals surface area contributed by atoms with E-state index in [2.05, 4.69) is 26.7 Å². The van der Waals surface area contributed by atoms with Gasteiger partial charge < -0.3 is 20.2 Å². The molecule has 1 amide bonds. The molecule has 2 N–H and O–H groups in total. The zero-order valence-electron chi connectivity index (χ0n) is 12.2.